The number of rotatable bonds is 5. The minimum Gasteiger partial charge on any atom is -0.301 e. The van der Waals surface area contributed by atoms with Gasteiger partial charge < -0.3 is 5.32 Å². The summed E-state index contributed by atoms with van der Waals surface area (Å²) in [7, 11) is 0. The van der Waals surface area contributed by atoms with Crippen LogP contribution in [0.15, 0.2) is 53.1 Å². The number of nitrogens with zero attached hydrogens (tertiary/aromatic N) is 3. The van der Waals surface area contributed by atoms with E-state index in [1.54, 1.807) is 6.20 Å². The summed E-state index contributed by atoms with van der Waals surface area (Å²) in [5, 5.41) is 5.42. The summed E-state index contributed by atoms with van der Waals surface area (Å²) in [6, 6.07) is 11.5. The number of aryl methyl sites for hydroxylation is 2. The molecule has 3 aromatic rings. The van der Waals surface area contributed by atoms with Crippen LogP contribution in [0, 0.1) is 13.8 Å². The normalized spacial score (nSPS) is 11.9. The molecule has 1 N–H and O–H groups in total. The summed E-state index contributed by atoms with van der Waals surface area (Å²) < 4.78 is 0. The molecule has 1 atom stereocenters. The quantitative estimate of drug-likeness (QED) is 0.552. The first-order chi connectivity index (χ1) is 11.6. The molecule has 122 valence electrons. The Hall–Kier alpha value is -2.25. The lowest BCUT2D eigenvalue weighted by Crippen LogP contribution is -2.19. The number of benzene rings is 1. The van der Waals surface area contributed by atoms with Gasteiger partial charge in [-0.25, -0.2) is 15.0 Å². The lowest BCUT2D eigenvalue weighted by Gasteiger charge is -2.15. The van der Waals surface area contributed by atoms with Crippen molar-refractivity contribution in [2.45, 2.75) is 24.3 Å². The second-order valence-corrected chi connectivity index (χ2v) is 7.14. The molecule has 0 spiro atoms. The molecular weight excluding hydrogens is 340 g/mol. The van der Waals surface area contributed by atoms with Crippen LogP contribution in [0.5, 0.6) is 0 Å². The maximum Gasteiger partial charge on any atom is 0.244 e. The van der Waals surface area contributed by atoms with Gasteiger partial charge in [-0.1, -0.05) is 42.1 Å². The molecule has 0 saturated carbocycles. The SMILES string of the molecule is Cc1cc(C)nc(S[C@H](C(=O)Nc2nccs2)c2ccccc2)n1. The molecule has 0 saturated heterocycles. The molecule has 1 aromatic carbocycles. The van der Waals surface area contributed by atoms with Gasteiger partial charge in [0, 0.05) is 23.0 Å². The van der Waals surface area contributed by atoms with Crippen molar-refractivity contribution in [3.8, 4) is 0 Å². The van der Waals surface area contributed by atoms with E-state index in [0.29, 0.717) is 10.3 Å². The summed E-state index contributed by atoms with van der Waals surface area (Å²) in [5.41, 5.74) is 2.67. The minimum atomic E-state index is -0.448. The molecule has 0 aliphatic heterocycles. The molecule has 0 bridgehead atoms. The fourth-order valence-corrected chi connectivity index (χ4v) is 3.80. The zero-order valence-corrected chi connectivity index (χ0v) is 14.9. The van der Waals surface area contributed by atoms with E-state index in [0.717, 1.165) is 17.0 Å². The first-order valence-electron chi connectivity index (χ1n) is 7.36. The molecule has 5 nitrogen and oxygen atoms in total. The van der Waals surface area contributed by atoms with Crippen molar-refractivity contribution in [3.63, 3.8) is 0 Å². The third kappa shape index (κ3) is 4.18. The van der Waals surface area contributed by atoms with Gasteiger partial charge in [0.15, 0.2) is 10.3 Å². The molecule has 0 aliphatic carbocycles. The zero-order valence-electron chi connectivity index (χ0n) is 13.3. The number of hydrogen-bond acceptors (Lipinski definition) is 6. The summed E-state index contributed by atoms with van der Waals surface area (Å²) in [6.07, 6.45) is 1.66. The molecule has 0 aliphatic rings. The third-order valence-electron chi connectivity index (χ3n) is 3.19. The van der Waals surface area contributed by atoms with E-state index in [2.05, 4.69) is 20.3 Å². The van der Waals surface area contributed by atoms with Gasteiger partial charge in [0.1, 0.15) is 5.25 Å². The van der Waals surface area contributed by atoms with E-state index < -0.39 is 5.25 Å². The Labute approximate surface area is 148 Å². The van der Waals surface area contributed by atoms with Gasteiger partial charge in [-0.3, -0.25) is 4.79 Å². The van der Waals surface area contributed by atoms with Crippen LogP contribution in [0.2, 0.25) is 0 Å². The van der Waals surface area contributed by atoms with Gasteiger partial charge in [0.25, 0.3) is 0 Å². The van der Waals surface area contributed by atoms with Crippen LogP contribution in [-0.4, -0.2) is 20.9 Å². The van der Waals surface area contributed by atoms with Gasteiger partial charge in [0.2, 0.25) is 5.91 Å². The lowest BCUT2D eigenvalue weighted by atomic mass is 10.1. The maximum atomic E-state index is 12.8. The van der Waals surface area contributed by atoms with Crippen molar-refractivity contribution in [3.05, 3.63) is 64.9 Å². The average Bonchev–Trinajstić information content (AvgIpc) is 3.05. The van der Waals surface area contributed by atoms with E-state index in [1.807, 2.05) is 55.6 Å². The van der Waals surface area contributed by atoms with Crippen LogP contribution in [-0.2, 0) is 4.79 Å². The Bertz CT molecular complexity index is 802. The molecule has 0 fully saturated rings. The number of carbonyl (C=O) groups is 1. The average molecular weight is 356 g/mol. The number of amides is 1. The molecule has 0 unspecified atom stereocenters. The van der Waals surface area contributed by atoms with Gasteiger partial charge in [-0.05, 0) is 25.5 Å². The van der Waals surface area contributed by atoms with Crippen LogP contribution in [0.25, 0.3) is 0 Å². The van der Waals surface area contributed by atoms with E-state index in [-0.39, 0.29) is 5.91 Å². The van der Waals surface area contributed by atoms with Crippen molar-refractivity contribution in [2.75, 3.05) is 5.32 Å². The van der Waals surface area contributed by atoms with Crippen LogP contribution < -0.4 is 5.32 Å². The van der Waals surface area contributed by atoms with Crippen LogP contribution in [0.4, 0.5) is 5.13 Å². The Morgan fingerprint density at radius 2 is 1.88 bits per heavy atom. The number of nitrogens with one attached hydrogen (secondary N) is 1. The summed E-state index contributed by atoms with van der Waals surface area (Å²) in [6.45, 7) is 3.85. The summed E-state index contributed by atoms with van der Waals surface area (Å²) in [4.78, 5) is 25.8. The van der Waals surface area contributed by atoms with Crippen LogP contribution >= 0.6 is 23.1 Å². The number of hydrogen-bond donors (Lipinski definition) is 1. The molecular formula is C17H16N4OS2. The first kappa shape index (κ1) is 16.6. The molecule has 2 aromatic heterocycles. The number of thiazole rings is 1. The highest BCUT2D eigenvalue weighted by atomic mass is 32.2. The van der Waals surface area contributed by atoms with Crippen LogP contribution in [0.1, 0.15) is 22.2 Å². The highest BCUT2D eigenvalue weighted by molar-refractivity contribution is 8.00. The Balaban J connectivity index is 1.88. The molecule has 3 rings (SSSR count). The zero-order chi connectivity index (χ0) is 16.9. The third-order valence-corrected chi connectivity index (χ3v) is 4.99. The van der Waals surface area contributed by atoms with E-state index >= 15 is 0 Å². The van der Waals surface area contributed by atoms with Gasteiger partial charge in [-0.15, -0.1) is 11.3 Å². The number of aromatic nitrogens is 3. The highest BCUT2D eigenvalue weighted by Gasteiger charge is 2.24. The predicted octanol–water partition coefficient (Wildman–Crippen LogP) is 4.02. The van der Waals surface area contributed by atoms with Gasteiger partial charge in [0.05, 0.1) is 0 Å². The Kier molecular flexibility index (Phi) is 5.22. The summed E-state index contributed by atoms with van der Waals surface area (Å²) in [5.74, 6) is -0.135. The fourth-order valence-electron chi connectivity index (χ4n) is 2.21. The van der Waals surface area contributed by atoms with Gasteiger partial charge in [-0.2, -0.15) is 0 Å². The molecule has 1 amide bonds. The molecule has 7 heteroatoms. The van der Waals surface area contributed by atoms with Crippen molar-refractivity contribution in [1.82, 2.24) is 15.0 Å². The molecule has 2 heterocycles. The second-order valence-electron chi connectivity index (χ2n) is 5.17. The van der Waals surface area contributed by atoms with Gasteiger partial charge >= 0.3 is 0 Å². The number of carbonyl (C=O) groups excluding carboxylic acids is 1. The smallest absolute Gasteiger partial charge is 0.244 e. The molecule has 0 radical (unpaired) electrons. The fraction of sp³-hybridized carbons (Fsp3) is 0.176. The van der Waals surface area contributed by atoms with Crippen molar-refractivity contribution in [1.29, 1.82) is 0 Å². The Morgan fingerprint density at radius 3 is 2.50 bits per heavy atom. The number of anilines is 1. The monoisotopic (exact) mass is 356 g/mol. The van der Waals surface area contributed by atoms with Crippen molar-refractivity contribution >= 4 is 34.1 Å². The summed E-state index contributed by atoms with van der Waals surface area (Å²) >= 11 is 2.73. The standard InChI is InChI=1S/C17H16N4OS2/c1-11-10-12(2)20-17(19-11)24-14(13-6-4-3-5-7-13)15(22)21-16-18-8-9-23-16/h3-10,14H,1-2H3,(H,18,21,22)/t14-/m0/s1. The largest absolute Gasteiger partial charge is 0.301 e. The maximum absolute atomic E-state index is 12.8. The van der Waals surface area contributed by atoms with Crippen LogP contribution in [0.3, 0.4) is 0 Å². The lowest BCUT2D eigenvalue weighted by molar-refractivity contribution is -0.115. The van der Waals surface area contributed by atoms with E-state index in [9.17, 15) is 4.79 Å². The van der Waals surface area contributed by atoms with Crippen molar-refractivity contribution < 1.29 is 4.79 Å². The predicted molar refractivity (Wildman–Crippen MR) is 97.3 cm³/mol. The highest BCUT2D eigenvalue weighted by Crippen LogP contribution is 2.34. The number of thioether (sulfide) groups is 1. The topological polar surface area (TPSA) is 67.8 Å². The first-order valence-corrected chi connectivity index (χ1v) is 9.12. The van der Waals surface area contributed by atoms with E-state index in [1.165, 1.54) is 23.1 Å². The van der Waals surface area contributed by atoms with Crippen molar-refractivity contribution in [2.24, 2.45) is 0 Å². The Morgan fingerprint density at radius 1 is 1.17 bits per heavy atom. The van der Waals surface area contributed by atoms with E-state index in [4.69, 9.17) is 0 Å². The second kappa shape index (κ2) is 7.55. The minimum absolute atomic E-state index is 0.135. The molecule has 24 heavy (non-hydrogen) atoms.